The van der Waals surface area contributed by atoms with Crippen molar-refractivity contribution < 1.29 is 32.4 Å². The van der Waals surface area contributed by atoms with E-state index < -0.39 is 68.5 Å². The molecule has 1 unspecified atom stereocenters. The molecule has 2 aliphatic carbocycles. The number of piperidine rings is 1. The molecular formula is C35H49N5O7S. The summed E-state index contributed by atoms with van der Waals surface area (Å²) in [5.41, 5.74) is 3.16. The fraction of sp³-hybridized carbons (Fsp3) is 0.629. The van der Waals surface area contributed by atoms with Crippen molar-refractivity contribution in [1.29, 1.82) is 0 Å². The van der Waals surface area contributed by atoms with Gasteiger partial charge in [0.15, 0.2) is 9.84 Å². The molecule has 48 heavy (non-hydrogen) atoms. The van der Waals surface area contributed by atoms with E-state index in [2.05, 4.69) is 21.9 Å². The molecule has 3 aliphatic rings. The van der Waals surface area contributed by atoms with E-state index in [9.17, 15) is 32.4 Å². The minimum absolute atomic E-state index is 0.0102. The van der Waals surface area contributed by atoms with E-state index in [0.29, 0.717) is 12.8 Å². The molecular weight excluding hydrogens is 634 g/mol. The van der Waals surface area contributed by atoms with E-state index in [1.807, 2.05) is 13.8 Å². The molecule has 1 aliphatic heterocycles. The number of hydrogen-bond acceptors (Lipinski definition) is 7. The summed E-state index contributed by atoms with van der Waals surface area (Å²) in [5.74, 6) is -1.32. The molecule has 1 heterocycles. The molecule has 1 aromatic rings. The van der Waals surface area contributed by atoms with Crippen molar-refractivity contribution in [2.75, 3.05) is 12.3 Å². The first kappa shape index (κ1) is 36.9. The average molecular weight is 684 g/mol. The van der Waals surface area contributed by atoms with Crippen LogP contribution in [0.4, 0.5) is 4.79 Å². The van der Waals surface area contributed by atoms with Gasteiger partial charge in [-0.15, -0.1) is 12.3 Å². The summed E-state index contributed by atoms with van der Waals surface area (Å²) in [5, 5.41) is 8.43. The number of hydrogen-bond donors (Lipinski definition) is 4. The van der Waals surface area contributed by atoms with Crippen LogP contribution in [0.2, 0.25) is 0 Å². The molecule has 5 amide bonds. The number of sulfone groups is 1. The van der Waals surface area contributed by atoms with Gasteiger partial charge < -0.3 is 26.6 Å². The van der Waals surface area contributed by atoms with Gasteiger partial charge in [0, 0.05) is 13.0 Å². The first-order valence-corrected chi connectivity index (χ1v) is 18.2. The van der Waals surface area contributed by atoms with E-state index in [1.54, 1.807) is 39.0 Å². The van der Waals surface area contributed by atoms with Crippen LogP contribution in [-0.4, -0.2) is 78.8 Å². The number of benzene rings is 1. The third-order valence-electron chi connectivity index (χ3n) is 10.4. The summed E-state index contributed by atoms with van der Waals surface area (Å²) in [6.07, 6.45) is 8.84. The highest BCUT2D eigenvalue weighted by Crippen LogP contribution is 2.65. The number of primary amides is 1. The molecule has 2 saturated carbocycles. The van der Waals surface area contributed by atoms with Gasteiger partial charge in [-0.3, -0.25) is 19.2 Å². The lowest BCUT2D eigenvalue weighted by Gasteiger charge is -2.40. The summed E-state index contributed by atoms with van der Waals surface area (Å²) >= 11 is 0. The predicted molar refractivity (Wildman–Crippen MR) is 180 cm³/mol. The van der Waals surface area contributed by atoms with Crippen molar-refractivity contribution in [2.45, 2.75) is 108 Å². The van der Waals surface area contributed by atoms with Crippen molar-refractivity contribution in [3.8, 4) is 12.3 Å². The Bertz CT molecular complexity index is 1570. The second-order valence-electron chi connectivity index (χ2n) is 15.2. The van der Waals surface area contributed by atoms with Crippen molar-refractivity contribution in [1.82, 2.24) is 20.9 Å². The van der Waals surface area contributed by atoms with Crippen LogP contribution in [0.15, 0.2) is 35.2 Å². The highest BCUT2D eigenvalue weighted by Gasteiger charge is 2.70. The van der Waals surface area contributed by atoms with Gasteiger partial charge in [-0.05, 0) is 54.1 Å². The van der Waals surface area contributed by atoms with E-state index in [4.69, 9.17) is 12.2 Å². The van der Waals surface area contributed by atoms with Gasteiger partial charge in [-0.25, -0.2) is 13.2 Å². The number of nitrogens with two attached hydrogens (primary N) is 1. The summed E-state index contributed by atoms with van der Waals surface area (Å²) in [7, 11) is -3.73. The summed E-state index contributed by atoms with van der Waals surface area (Å²) in [4.78, 5) is 67.7. The number of carbonyl (C=O) groups is 5. The molecule has 5 N–H and O–H groups in total. The SMILES string of the molecule is C#CCCC(NC(=O)[C@@H]1[C@@H]2[C@H](CN1C(=O)[C@@H](NC(=O)NC1(CS(=O)(=O)c3ccccc3)CCCCC1)C(C)(C)C)C2(C)C)C(=O)C(N)=O. The number of amides is 5. The first-order chi connectivity index (χ1) is 22.3. The lowest BCUT2D eigenvalue weighted by Crippen LogP contribution is -2.63. The van der Waals surface area contributed by atoms with Crippen molar-refractivity contribution in [3.05, 3.63) is 30.3 Å². The van der Waals surface area contributed by atoms with Crippen LogP contribution in [-0.2, 0) is 29.0 Å². The first-order valence-electron chi connectivity index (χ1n) is 16.6. The van der Waals surface area contributed by atoms with Crippen LogP contribution in [0.1, 0.15) is 79.6 Å². The normalized spacial score (nSPS) is 23.8. The minimum atomic E-state index is -3.73. The van der Waals surface area contributed by atoms with Gasteiger partial charge in [0.2, 0.25) is 17.6 Å². The number of Topliss-reactive ketones (excluding diaryl/α,β-unsaturated/α-hetero) is 1. The highest BCUT2D eigenvalue weighted by atomic mass is 32.2. The topological polar surface area (TPSA) is 185 Å². The quantitative estimate of drug-likeness (QED) is 0.192. The van der Waals surface area contributed by atoms with E-state index in [0.717, 1.165) is 19.3 Å². The zero-order valence-electron chi connectivity index (χ0n) is 28.5. The Balaban J connectivity index is 1.56. The monoisotopic (exact) mass is 683 g/mol. The lowest BCUT2D eigenvalue weighted by atomic mass is 9.83. The minimum Gasteiger partial charge on any atom is -0.363 e. The maximum Gasteiger partial charge on any atom is 0.315 e. The lowest BCUT2D eigenvalue weighted by molar-refractivity contribution is -0.145. The summed E-state index contributed by atoms with van der Waals surface area (Å²) in [6.45, 7) is 9.67. The second-order valence-corrected chi connectivity index (χ2v) is 17.2. The molecule has 262 valence electrons. The fourth-order valence-corrected chi connectivity index (χ4v) is 9.40. The Morgan fingerprint density at radius 3 is 2.23 bits per heavy atom. The number of rotatable bonds is 12. The molecule has 1 saturated heterocycles. The molecule has 13 heteroatoms. The number of ketones is 1. The highest BCUT2D eigenvalue weighted by molar-refractivity contribution is 7.91. The second kappa shape index (κ2) is 13.9. The Morgan fingerprint density at radius 1 is 1.04 bits per heavy atom. The van der Waals surface area contributed by atoms with Crippen LogP contribution in [0, 0.1) is 35.0 Å². The summed E-state index contributed by atoms with van der Waals surface area (Å²) < 4.78 is 26.9. The van der Waals surface area contributed by atoms with E-state index in [-0.39, 0.29) is 47.3 Å². The maximum atomic E-state index is 14.3. The third kappa shape index (κ3) is 7.86. The van der Waals surface area contributed by atoms with Crippen LogP contribution >= 0.6 is 0 Å². The number of terminal acetylenes is 1. The van der Waals surface area contributed by atoms with Crippen LogP contribution in [0.3, 0.4) is 0 Å². The van der Waals surface area contributed by atoms with E-state index in [1.165, 1.54) is 17.0 Å². The Labute approximate surface area is 283 Å². The number of carbonyl (C=O) groups excluding carboxylic acids is 5. The molecule has 0 aromatic heterocycles. The van der Waals surface area contributed by atoms with Gasteiger partial charge in [0.05, 0.1) is 22.2 Å². The van der Waals surface area contributed by atoms with Gasteiger partial charge in [-0.2, -0.15) is 0 Å². The van der Waals surface area contributed by atoms with Gasteiger partial charge in [-0.1, -0.05) is 72.1 Å². The largest absolute Gasteiger partial charge is 0.363 e. The van der Waals surface area contributed by atoms with Crippen LogP contribution in [0.25, 0.3) is 0 Å². The molecule has 12 nitrogen and oxygen atoms in total. The average Bonchev–Trinajstić information content (AvgIpc) is 3.32. The Hall–Kier alpha value is -3.92. The van der Waals surface area contributed by atoms with Crippen molar-refractivity contribution in [3.63, 3.8) is 0 Å². The van der Waals surface area contributed by atoms with Gasteiger partial charge >= 0.3 is 6.03 Å². The maximum absolute atomic E-state index is 14.3. The van der Waals surface area contributed by atoms with Gasteiger partial charge in [0.25, 0.3) is 5.91 Å². The molecule has 1 aromatic carbocycles. The molecule has 0 radical (unpaired) electrons. The standard InChI is InChI=1S/C35H49N5O7S/c1-7-8-17-24(27(41)29(36)42)37-30(43)26-25-23(34(25,5)6)20-40(26)31(44)28(33(2,3)4)38-32(45)39-35(18-13-10-14-19-35)21-48(46,47)22-15-11-9-12-16-22/h1,9,11-12,15-16,23-26,28H,8,10,13-14,17-21H2,2-6H3,(H2,36,42)(H,37,43)(H2,38,39,45)/t23-,24?,25-,26-,28+/m0/s1. The number of nitrogens with zero attached hydrogens (tertiary/aromatic N) is 1. The van der Waals surface area contributed by atoms with Crippen LogP contribution in [0.5, 0.6) is 0 Å². The van der Waals surface area contributed by atoms with Crippen molar-refractivity contribution >= 4 is 39.4 Å². The number of fused-ring (bicyclic) bond motifs is 1. The summed E-state index contributed by atoms with van der Waals surface area (Å²) in [6, 6.07) is 4.19. The zero-order chi connectivity index (χ0) is 35.7. The van der Waals surface area contributed by atoms with Crippen molar-refractivity contribution in [2.24, 2.45) is 28.4 Å². The molecule has 5 atom stereocenters. The molecule has 0 bridgehead atoms. The van der Waals surface area contributed by atoms with Gasteiger partial charge in [0.1, 0.15) is 12.1 Å². The molecule has 0 spiro atoms. The molecule has 3 fully saturated rings. The number of urea groups is 1. The smallest absolute Gasteiger partial charge is 0.315 e. The van der Waals surface area contributed by atoms with Crippen LogP contribution < -0.4 is 21.7 Å². The van der Waals surface area contributed by atoms with E-state index >= 15 is 0 Å². The number of nitrogens with one attached hydrogen (secondary N) is 3. The third-order valence-corrected chi connectivity index (χ3v) is 12.3. The Morgan fingerprint density at radius 2 is 1.67 bits per heavy atom. The zero-order valence-corrected chi connectivity index (χ0v) is 29.3. The number of likely N-dealkylation sites (tertiary alicyclic amines) is 1. The Kier molecular flexibility index (Phi) is 10.7. The molecule has 4 rings (SSSR count). The predicted octanol–water partition coefficient (Wildman–Crippen LogP) is 2.31. The fourth-order valence-electron chi connectivity index (χ4n) is 7.57.